The van der Waals surface area contributed by atoms with Crippen LogP contribution in [0.15, 0.2) is 42.4 Å². The zero-order valence-corrected chi connectivity index (χ0v) is 24.6. The predicted octanol–water partition coefficient (Wildman–Crippen LogP) is -0.571. The Kier molecular flexibility index (Phi) is 13.1. The van der Waals surface area contributed by atoms with Crippen LogP contribution in [-0.2, 0) is 39.6 Å². The topological polar surface area (TPSA) is 36.9 Å². The molecule has 0 atom stereocenters. The summed E-state index contributed by atoms with van der Waals surface area (Å²) in [7, 11) is -3.13. The molecule has 164 valence electrons. The van der Waals surface area contributed by atoms with E-state index < -0.39 is 37.9 Å². The van der Waals surface area contributed by atoms with E-state index in [4.69, 9.17) is 18.3 Å². The number of allylic oxidation sites excluding steroid dienone is 6. The first kappa shape index (κ1) is 29.2. The van der Waals surface area contributed by atoms with Gasteiger partial charge in [-0.25, -0.2) is 0 Å². The van der Waals surface area contributed by atoms with Gasteiger partial charge in [0.05, 0.1) is 0 Å². The van der Waals surface area contributed by atoms with E-state index in [1.165, 1.54) is 6.56 Å². The summed E-state index contributed by atoms with van der Waals surface area (Å²) >= 11 is -2.11. The van der Waals surface area contributed by atoms with E-state index in [0.29, 0.717) is 13.6 Å². The van der Waals surface area contributed by atoms with Gasteiger partial charge in [0.15, 0.2) is 0 Å². The van der Waals surface area contributed by atoms with Gasteiger partial charge in [-0.3, -0.25) is 0 Å². The van der Waals surface area contributed by atoms with Crippen molar-refractivity contribution < 1.29 is 64.4 Å². The third kappa shape index (κ3) is 9.94. The second kappa shape index (κ2) is 12.9. The van der Waals surface area contributed by atoms with Crippen molar-refractivity contribution >= 4 is 20.3 Å². The first-order valence-corrected chi connectivity index (χ1v) is 20.3. The normalized spacial score (nSPS) is 15.7. The Balaban J connectivity index is 0.00000392. The molecule has 2 rings (SSSR count). The van der Waals surface area contributed by atoms with Crippen LogP contribution in [0.4, 0.5) is 0 Å². The SMILES string of the molecule is C[CH]=[Zr+2]([C]1=C(OCO[Si](C)(C)C)C=CC1)[C]1=C(OCO[Si](C)(C)C)C=CC1.[Cl-].[Cl-]. The maximum Gasteiger partial charge on any atom is -1.00 e. The van der Waals surface area contributed by atoms with Crippen molar-refractivity contribution in [3.63, 3.8) is 0 Å². The molecule has 0 aromatic rings. The fraction of sp³-hybridized carbons (Fsp3) is 0.550. The van der Waals surface area contributed by atoms with Crippen LogP contribution in [-0.4, -0.2) is 33.9 Å². The van der Waals surface area contributed by atoms with Crippen LogP contribution in [0.1, 0.15) is 19.8 Å². The molecule has 0 amide bonds. The number of hydrogen-bond donors (Lipinski definition) is 0. The second-order valence-electron chi connectivity index (χ2n) is 8.64. The van der Waals surface area contributed by atoms with Crippen molar-refractivity contribution in [2.75, 3.05) is 13.6 Å². The average Bonchev–Trinajstić information content (AvgIpc) is 3.17. The van der Waals surface area contributed by atoms with E-state index in [1.54, 1.807) is 0 Å². The first-order chi connectivity index (χ1) is 12.6. The number of hydrogen-bond acceptors (Lipinski definition) is 4. The van der Waals surface area contributed by atoms with Gasteiger partial charge in [-0.05, 0) is 0 Å². The molecule has 0 saturated heterocycles. The Morgan fingerprint density at radius 3 is 1.48 bits per heavy atom. The maximum absolute atomic E-state index is 6.03. The smallest absolute Gasteiger partial charge is 1.00 e. The molecule has 2 aliphatic rings. The van der Waals surface area contributed by atoms with Crippen molar-refractivity contribution in [1.82, 2.24) is 0 Å². The van der Waals surface area contributed by atoms with Gasteiger partial charge in [0.2, 0.25) is 0 Å². The van der Waals surface area contributed by atoms with Crippen molar-refractivity contribution in [1.29, 1.82) is 0 Å². The summed E-state index contributed by atoms with van der Waals surface area (Å²) in [6.07, 6.45) is 10.6. The number of rotatable bonds is 10. The Hall–Kier alpha value is 0.247. The minimum atomic E-state index is -2.11. The van der Waals surface area contributed by atoms with E-state index in [1.807, 2.05) is 0 Å². The van der Waals surface area contributed by atoms with Gasteiger partial charge in [-0.15, -0.1) is 0 Å². The fourth-order valence-corrected chi connectivity index (χ4v) is 9.96. The van der Waals surface area contributed by atoms with Gasteiger partial charge in [0, 0.05) is 0 Å². The van der Waals surface area contributed by atoms with E-state index in [0.717, 1.165) is 24.4 Å². The maximum atomic E-state index is 6.03. The standard InChI is InChI=1S/2C9H15O2Si.C2H4.2ClH.Zr/c2*1-12(2,3)11-8-10-9-6-4-5-7-9;1-2;;;/h2*4,6H,5,8H2,1-3H3;1H,2H3;2*1H;/q;;;;;+2/p-2. The van der Waals surface area contributed by atoms with E-state index in [-0.39, 0.29) is 24.8 Å². The Labute approximate surface area is 198 Å². The molecule has 0 aromatic heterocycles. The predicted molar refractivity (Wildman–Crippen MR) is 114 cm³/mol. The van der Waals surface area contributed by atoms with Crippen LogP contribution in [0, 0.1) is 0 Å². The van der Waals surface area contributed by atoms with Crippen LogP contribution in [0.3, 0.4) is 0 Å². The summed E-state index contributed by atoms with van der Waals surface area (Å²) in [5, 5.41) is 0. The molecule has 0 heterocycles. The third-order valence-corrected chi connectivity index (χ3v) is 12.9. The monoisotopic (exact) mass is 554 g/mol. The minimum absolute atomic E-state index is 0. The Morgan fingerprint density at radius 1 is 0.793 bits per heavy atom. The van der Waals surface area contributed by atoms with Crippen LogP contribution < -0.4 is 24.8 Å². The number of halogens is 2. The minimum Gasteiger partial charge on any atom is -1.00 e. The molecule has 9 heteroatoms. The van der Waals surface area contributed by atoms with Gasteiger partial charge < -0.3 is 24.8 Å². The van der Waals surface area contributed by atoms with Gasteiger partial charge >= 0.3 is 175 Å². The molecule has 0 spiro atoms. The Morgan fingerprint density at radius 2 is 1.17 bits per heavy atom. The molecular weight excluding hydrogens is 523 g/mol. The summed E-state index contributed by atoms with van der Waals surface area (Å²) in [5.41, 5.74) is 0. The number of ether oxygens (including phenoxy) is 2. The van der Waals surface area contributed by atoms with Crippen LogP contribution in [0.25, 0.3) is 0 Å². The largest absolute Gasteiger partial charge is 1.00 e. The molecular formula is C20H34Cl2O4Si2Zr. The molecule has 0 bridgehead atoms. The van der Waals surface area contributed by atoms with Gasteiger partial charge in [0.1, 0.15) is 0 Å². The molecule has 4 nitrogen and oxygen atoms in total. The first-order valence-electron chi connectivity index (χ1n) is 9.60. The van der Waals surface area contributed by atoms with Crippen LogP contribution in [0.2, 0.25) is 39.3 Å². The molecule has 2 aliphatic carbocycles. The third-order valence-electron chi connectivity index (χ3n) is 4.13. The molecule has 0 aromatic carbocycles. The van der Waals surface area contributed by atoms with Crippen molar-refractivity contribution in [2.45, 2.75) is 59.0 Å². The van der Waals surface area contributed by atoms with Gasteiger partial charge in [0.25, 0.3) is 0 Å². The Bertz CT molecular complexity index is 646. The molecule has 0 fully saturated rings. The summed E-state index contributed by atoms with van der Waals surface area (Å²) in [5.74, 6) is 2.05. The molecule has 0 unspecified atom stereocenters. The molecule has 29 heavy (non-hydrogen) atoms. The second-order valence-corrected chi connectivity index (χ2v) is 24.1. The summed E-state index contributed by atoms with van der Waals surface area (Å²) < 4.78 is 29.2. The summed E-state index contributed by atoms with van der Waals surface area (Å²) in [6.45, 7) is 16.0. The van der Waals surface area contributed by atoms with Gasteiger partial charge in [-0.2, -0.15) is 0 Å². The quantitative estimate of drug-likeness (QED) is 0.267. The van der Waals surface area contributed by atoms with Crippen molar-refractivity contribution in [2.24, 2.45) is 0 Å². The molecule has 0 radical (unpaired) electrons. The summed E-state index contributed by atoms with van der Waals surface area (Å²) in [4.78, 5) is 0. The van der Waals surface area contributed by atoms with Crippen LogP contribution in [0.5, 0.6) is 0 Å². The average molecular weight is 557 g/mol. The zero-order chi connectivity index (χ0) is 20.1. The zero-order valence-electron chi connectivity index (χ0n) is 18.6. The van der Waals surface area contributed by atoms with E-state index in [2.05, 4.69) is 74.2 Å². The van der Waals surface area contributed by atoms with Crippen molar-refractivity contribution in [3.8, 4) is 0 Å². The fourth-order valence-electron chi connectivity index (χ4n) is 2.80. The van der Waals surface area contributed by atoms with Gasteiger partial charge in [-0.1, -0.05) is 0 Å². The molecule has 0 N–H and O–H groups in total. The molecule has 0 aliphatic heterocycles. The summed E-state index contributed by atoms with van der Waals surface area (Å²) in [6, 6.07) is 0. The van der Waals surface area contributed by atoms with E-state index in [9.17, 15) is 0 Å². The van der Waals surface area contributed by atoms with Crippen LogP contribution >= 0.6 is 0 Å². The van der Waals surface area contributed by atoms with Crippen molar-refractivity contribution in [3.05, 3.63) is 42.4 Å². The van der Waals surface area contributed by atoms with E-state index >= 15 is 0 Å². The molecule has 0 saturated carbocycles.